The Balaban J connectivity index is 1.54. The van der Waals surface area contributed by atoms with Crippen molar-refractivity contribution in [3.05, 3.63) is 29.5 Å². The van der Waals surface area contributed by atoms with Crippen LogP contribution >= 0.6 is 11.3 Å². The first kappa shape index (κ1) is 13.5. The number of thiophene rings is 1. The second-order valence-electron chi connectivity index (χ2n) is 5.73. The smallest absolute Gasteiger partial charge is 0.325 e. The highest BCUT2D eigenvalue weighted by Gasteiger charge is 2.52. The van der Waals surface area contributed by atoms with Crippen LogP contribution in [0.5, 0.6) is 0 Å². The van der Waals surface area contributed by atoms with Crippen LogP contribution in [0.25, 0.3) is 10.8 Å². The fourth-order valence-electron chi connectivity index (χ4n) is 3.19. The maximum atomic E-state index is 12.6. The van der Waals surface area contributed by atoms with Gasteiger partial charge in [0.25, 0.3) is 5.91 Å². The van der Waals surface area contributed by atoms with Crippen molar-refractivity contribution < 1.29 is 14.0 Å². The molecule has 2 aliphatic rings. The maximum Gasteiger partial charge on any atom is 0.325 e. The molecule has 0 aromatic carbocycles. The van der Waals surface area contributed by atoms with Gasteiger partial charge in [0.2, 0.25) is 5.89 Å². The molecule has 1 aliphatic carbocycles. The van der Waals surface area contributed by atoms with Crippen LogP contribution < -0.4 is 5.32 Å². The lowest BCUT2D eigenvalue weighted by atomic mass is 9.98. The van der Waals surface area contributed by atoms with Crippen LogP contribution in [-0.2, 0) is 11.3 Å². The summed E-state index contributed by atoms with van der Waals surface area (Å²) in [6, 6.07) is 3.51. The Labute approximate surface area is 131 Å². The highest BCUT2D eigenvalue weighted by atomic mass is 32.1. The molecule has 4 rings (SSSR count). The minimum Gasteiger partial charge on any atom is -0.443 e. The Kier molecular flexibility index (Phi) is 3.04. The summed E-state index contributed by atoms with van der Waals surface area (Å²) in [6.45, 7) is 0.154. The number of aromatic nitrogens is 1. The summed E-state index contributed by atoms with van der Waals surface area (Å²) < 4.78 is 5.44. The van der Waals surface area contributed by atoms with Gasteiger partial charge in [0, 0.05) is 0 Å². The molecule has 1 N–H and O–H groups in total. The third-order valence-electron chi connectivity index (χ3n) is 4.31. The zero-order valence-corrected chi connectivity index (χ0v) is 12.7. The third kappa shape index (κ3) is 2.04. The van der Waals surface area contributed by atoms with E-state index < -0.39 is 5.54 Å². The first-order valence-electron chi connectivity index (χ1n) is 7.30. The summed E-state index contributed by atoms with van der Waals surface area (Å²) in [4.78, 5) is 31.2. The fourth-order valence-corrected chi connectivity index (χ4v) is 3.85. The van der Waals surface area contributed by atoms with Gasteiger partial charge in [-0.05, 0) is 24.3 Å². The molecule has 1 aliphatic heterocycles. The number of carbonyl (C=O) groups is 2. The monoisotopic (exact) mass is 317 g/mol. The normalized spacial score (nSPS) is 20.1. The van der Waals surface area contributed by atoms with E-state index in [1.165, 1.54) is 22.5 Å². The summed E-state index contributed by atoms with van der Waals surface area (Å²) in [6.07, 6.45) is 4.93. The van der Waals surface area contributed by atoms with E-state index in [2.05, 4.69) is 10.3 Å². The van der Waals surface area contributed by atoms with Gasteiger partial charge in [-0.3, -0.25) is 9.69 Å². The van der Waals surface area contributed by atoms with Gasteiger partial charge in [-0.15, -0.1) is 11.3 Å². The predicted octanol–water partition coefficient (Wildman–Crippen LogP) is 2.77. The molecule has 22 heavy (non-hydrogen) atoms. The van der Waals surface area contributed by atoms with Gasteiger partial charge < -0.3 is 9.73 Å². The molecule has 3 heterocycles. The van der Waals surface area contributed by atoms with Crippen LogP contribution in [0.2, 0.25) is 0 Å². The number of amides is 3. The SMILES string of the molecule is O=C1NC2(CCCC2)C(=O)N1Cc1coc(-c2cccs2)n1. The van der Waals surface area contributed by atoms with Crippen molar-refractivity contribution >= 4 is 23.3 Å². The van der Waals surface area contributed by atoms with Crippen molar-refractivity contribution in [3.63, 3.8) is 0 Å². The molecule has 1 saturated carbocycles. The van der Waals surface area contributed by atoms with Crippen LogP contribution in [0.3, 0.4) is 0 Å². The second kappa shape index (κ2) is 4.95. The Morgan fingerprint density at radius 2 is 2.18 bits per heavy atom. The molecule has 1 spiro atoms. The van der Waals surface area contributed by atoms with E-state index in [0.717, 1.165) is 30.6 Å². The van der Waals surface area contributed by atoms with E-state index in [9.17, 15) is 9.59 Å². The quantitative estimate of drug-likeness (QED) is 0.883. The molecule has 2 aromatic rings. The number of carbonyl (C=O) groups excluding carboxylic acids is 2. The molecule has 3 amide bonds. The van der Waals surface area contributed by atoms with Gasteiger partial charge in [-0.1, -0.05) is 18.9 Å². The summed E-state index contributed by atoms with van der Waals surface area (Å²) >= 11 is 1.53. The van der Waals surface area contributed by atoms with Crippen molar-refractivity contribution in [1.29, 1.82) is 0 Å². The van der Waals surface area contributed by atoms with Gasteiger partial charge in [-0.2, -0.15) is 0 Å². The molecule has 0 atom stereocenters. The minimum atomic E-state index is -0.669. The van der Waals surface area contributed by atoms with Gasteiger partial charge in [0.05, 0.1) is 17.1 Å². The number of oxazole rings is 1. The van der Waals surface area contributed by atoms with E-state index in [1.54, 1.807) is 0 Å². The third-order valence-corrected chi connectivity index (χ3v) is 5.16. The number of rotatable bonds is 3. The molecule has 0 bridgehead atoms. The molecule has 1 saturated heterocycles. The van der Waals surface area contributed by atoms with Gasteiger partial charge in [0.15, 0.2) is 0 Å². The van der Waals surface area contributed by atoms with E-state index in [0.29, 0.717) is 11.6 Å². The average Bonchev–Trinajstić information content (AvgIpc) is 3.25. The number of nitrogens with zero attached hydrogens (tertiary/aromatic N) is 2. The molecule has 0 radical (unpaired) electrons. The molecular formula is C15H15N3O3S. The summed E-state index contributed by atoms with van der Waals surface area (Å²) in [5.74, 6) is 0.392. The fraction of sp³-hybridized carbons (Fsp3) is 0.400. The Hall–Kier alpha value is -2.15. The van der Waals surface area contributed by atoms with Crippen molar-refractivity contribution in [2.75, 3.05) is 0 Å². The van der Waals surface area contributed by atoms with E-state index in [1.807, 2.05) is 17.5 Å². The number of urea groups is 1. The van der Waals surface area contributed by atoms with Crippen LogP contribution in [0.1, 0.15) is 31.4 Å². The molecule has 0 unspecified atom stereocenters. The Morgan fingerprint density at radius 3 is 2.91 bits per heavy atom. The zero-order chi connectivity index (χ0) is 15.2. The molecular weight excluding hydrogens is 302 g/mol. The van der Waals surface area contributed by atoms with Crippen molar-refractivity contribution in [2.45, 2.75) is 37.8 Å². The summed E-state index contributed by atoms with van der Waals surface area (Å²) in [5, 5.41) is 4.81. The topological polar surface area (TPSA) is 75.4 Å². The highest BCUT2D eigenvalue weighted by molar-refractivity contribution is 7.13. The van der Waals surface area contributed by atoms with Gasteiger partial charge in [0.1, 0.15) is 11.8 Å². The van der Waals surface area contributed by atoms with Gasteiger partial charge in [-0.25, -0.2) is 9.78 Å². The molecule has 2 aromatic heterocycles. The minimum absolute atomic E-state index is 0.129. The number of imide groups is 1. The highest BCUT2D eigenvalue weighted by Crippen LogP contribution is 2.35. The lowest BCUT2D eigenvalue weighted by Gasteiger charge is -2.19. The molecule has 114 valence electrons. The first-order chi connectivity index (χ1) is 10.7. The van der Waals surface area contributed by atoms with Crippen LogP contribution in [-0.4, -0.2) is 27.4 Å². The number of hydrogen-bond acceptors (Lipinski definition) is 5. The summed E-state index contributed by atoms with van der Waals surface area (Å²) in [5.41, 5.74) is -0.0841. The summed E-state index contributed by atoms with van der Waals surface area (Å²) in [7, 11) is 0. The van der Waals surface area contributed by atoms with Crippen LogP contribution in [0, 0.1) is 0 Å². The lowest BCUT2D eigenvalue weighted by molar-refractivity contribution is -0.131. The zero-order valence-electron chi connectivity index (χ0n) is 11.9. The van der Waals surface area contributed by atoms with E-state index >= 15 is 0 Å². The second-order valence-corrected chi connectivity index (χ2v) is 6.68. The Morgan fingerprint density at radius 1 is 1.36 bits per heavy atom. The molecule has 6 nitrogen and oxygen atoms in total. The number of hydrogen-bond donors (Lipinski definition) is 1. The van der Waals surface area contributed by atoms with Crippen molar-refractivity contribution in [2.24, 2.45) is 0 Å². The van der Waals surface area contributed by atoms with Crippen molar-refractivity contribution in [1.82, 2.24) is 15.2 Å². The van der Waals surface area contributed by atoms with Crippen LogP contribution in [0.15, 0.2) is 28.2 Å². The lowest BCUT2D eigenvalue weighted by Crippen LogP contribution is -2.44. The Bertz CT molecular complexity index is 716. The maximum absolute atomic E-state index is 12.6. The largest absolute Gasteiger partial charge is 0.443 e. The average molecular weight is 317 g/mol. The van der Waals surface area contributed by atoms with Crippen LogP contribution in [0.4, 0.5) is 4.79 Å². The number of nitrogens with one attached hydrogen (secondary N) is 1. The van der Waals surface area contributed by atoms with E-state index in [-0.39, 0.29) is 18.5 Å². The predicted molar refractivity (Wildman–Crippen MR) is 80.1 cm³/mol. The van der Waals surface area contributed by atoms with E-state index in [4.69, 9.17) is 4.42 Å². The standard InChI is InChI=1S/C15H15N3O3S/c19-13-15(5-1-2-6-15)17-14(20)18(13)8-10-9-21-12(16-10)11-4-3-7-22-11/h3-4,7,9H,1-2,5-6,8H2,(H,17,20). The van der Waals surface area contributed by atoms with Crippen molar-refractivity contribution in [3.8, 4) is 10.8 Å². The first-order valence-corrected chi connectivity index (χ1v) is 8.18. The van der Waals surface area contributed by atoms with Gasteiger partial charge >= 0.3 is 6.03 Å². The molecule has 7 heteroatoms. The molecule has 2 fully saturated rings.